The molecule has 1 aliphatic heterocycles. The fourth-order valence-electron chi connectivity index (χ4n) is 4.96. The van der Waals surface area contributed by atoms with Crippen LogP contribution in [0.15, 0.2) is 24.8 Å². The van der Waals surface area contributed by atoms with Gasteiger partial charge in [0.05, 0.1) is 49.5 Å². The Morgan fingerprint density at radius 3 is 2.91 bits per heavy atom. The lowest BCUT2D eigenvalue weighted by molar-refractivity contribution is -0.118. The van der Waals surface area contributed by atoms with Gasteiger partial charge in [0, 0.05) is 30.9 Å². The summed E-state index contributed by atoms with van der Waals surface area (Å²) in [7, 11) is 0. The molecule has 1 unspecified atom stereocenters. The van der Waals surface area contributed by atoms with Crippen LogP contribution in [0.25, 0.3) is 22.3 Å². The molecule has 2 aliphatic rings. The van der Waals surface area contributed by atoms with Gasteiger partial charge in [-0.25, -0.2) is 9.97 Å². The topological polar surface area (TPSA) is 125 Å². The molecule has 2 fully saturated rings. The average molecular weight is 449 g/mol. The number of nitrogens with one attached hydrogen (secondary N) is 2. The van der Waals surface area contributed by atoms with Gasteiger partial charge >= 0.3 is 0 Å². The van der Waals surface area contributed by atoms with Crippen LogP contribution in [0, 0.1) is 17.2 Å². The summed E-state index contributed by atoms with van der Waals surface area (Å²) in [6.45, 7) is 3.02. The molecule has 2 N–H and O–H groups in total. The molecule has 1 atom stereocenters. The van der Waals surface area contributed by atoms with Crippen LogP contribution in [0.4, 0.5) is 5.82 Å². The summed E-state index contributed by atoms with van der Waals surface area (Å²) in [5.41, 5.74) is 2.16. The molecule has 5 rings (SSSR count). The normalized spacial score (nSPS) is 18.4. The standard InChI is InChI=1S/C23H28N8O2/c24-7-5-19(16-3-1-2-4-16)31-13-18(21-17-6-8-25-22(17)27-15-26-21)23(29-31)28-20(32)14-30-9-11-33-12-10-30/h6,8,13,15-16,19H,1-5,9-12,14H2,(H,25,26,27)(H,28,29,32). The molecule has 1 saturated heterocycles. The number of hydrogen-bond acceptors (Lipinski definition) is 7. The number of aromatic nitrogens is 5. The number of morpholine rings is 1. The third kappa shape index (κ3) is 4.60. The molecule has 1 saturated carbocycles. The van der Waals surface area contributed by atoms with Crippen LogP contribution in [-0.2, 0) is 9.53 Å². The molecule has 3 aromatic heterocycles. The molecule has 0 radical (unpaired) electrons. The zero-order chi connectivity index (χ0) is 22.6. The highest BCUT2D eigenvalue weighted by atomic mass is 16.5. The second-order valence-corrected chi connectivity index (χ2v) is 8.74. The van der Waals surface area contributed by atoms with Gasteiger partial charge in [0.1, 0.15) is 12.0 Å². The van der Waals surface area contributed by atoms with Gasteiger partial charge in [-0.15, -0.1) is 0 Å². The van der Waals surface area contributed by atoms with E-state index in [1.54, 1.807) is 0 Å². The molecule has 1 amide bonds. The summed E-state index contributed by atoms with van der Waals surface area (Å²) < 4.78 is 7.25. The summed E-state index contributed by atoms with van der Waals surface area (Å²) in [6, 6.07) is 4.23. The Hall–Kier alpha value is -3.29. The first-order valence-electron chi connectivity index (χ1n) is 11.6. The Balaban J connectivity index is 1.49. The van der Waals surface area contributed by atoms with E-state index in [0.29, 0.717) is 37.1 Å². The zero-order valence-electron chi connectivity index (χ0n) is 18.5. The van der Waals surface area contributed by atoms with E-state index >= 15 is 0 Å². The van der Waals surface area contributed by atoms with Crippen molar-refractivity contribution in [3.05, 3.63) is 24.8 Å². The number of fused-ring (bicyclic) bond motifs is 1. The van der Waals surface area contributed by atoms with Gasteiger partial charge in [0.25, 0.3) is 0 Å². The van der Waals surface area contributed by atoms with E-state index in [2.05, 4.69) is 31.2 Å². The summed E-state index contributed by atoms with van der Waals surface area (Å²) in [5.74, 6) is 0.753. The first kappa shape index (κ1) is 21.6. The summed E-state index contributed by atoms with van der Waals surface area (Å²) >= 11 is 0. The Bertz CT molecular complexity index is 1150. The number of rotatable bonds is 7. The largest absolute Gasteiger partial charge is 0.379 e. The second kappa shape index (κ2) is 9.68. The lowest BCUT2D eigenvalue weighted by Crippen LogP contribution is -2.41. The Morgan fingerprint density at radius 1 is 1.30 bits per heavy atom. The maximum Gasteiger partial charge on any atom is 0.239 e. The highest BCUT2D eigenvalue weighted by Gasteiger charge is 2.29. The van der Waals surface area contributed by atoms with Crippen molar-refractivity contribution in [3.8, 4) is 17.3 Å². The monoisotopic (exact) mass is 448 g/mol. The molecule has 33 heavy (non-hydrogen) atoms. The molecule has 0 aromatic carbocycles. The van der Waals surface area contributed by atoms with Crippen molar-refractivity contribution in [3.63, 3.8) is 0 Å². The van der Waals surface area contributed by atoms with Crippen LogP contribution in [0.5, 0.6) is 0 Å². The quantitative estimate of drug-likeness (QED) is 0.569. The highest BCUT2D eigenvalue weighted by molar-refractivity contribution is 5.99. The molecule has 10 nitrogen and oxygen atoms in total. The molecule has 4 heterocycles. The van der Waals surface area contributed by atoms with Crippen molar-refractivity contribution in [1.29, 1.82) is 5.26 Å². The first-order chi connectivity index (χ1) is 16.2. The summed E-state index contributed by atoms with van der Waals surface area (Å²) in [4.78, 5) is 26.9. The molecular formula is C23H28N8O2. The molecule has 0 spiro atoms. The van der Waals surface area contributed by atoms with Crippen LogP contribution in [0.2, 0.25) is 0 Å². The van der Waals surface area contributed by atoms with Gasteiger partial charge in [0.2, 0.25) is 5.91 Å². The predicted octanol–water partition coefficient (Wildman–Crippen LogP) is 2.74. The van der Waals surface area contributed by atoms with Crippen molar-refractivity contribution in [2.75, 3.05) is 38.2 Å². The van der Waals surface area contributed by atoms with E-state index in [1.165, 1.54) is 19.2 Å². The molecule has 10 heteroatoms. The van der Waals surface area contributed by atoms with Gasteiger partial charge in [-0.1, -0.05) is 12.8 Å². The van der Waals surface area contributed by atoms with Gasteiger partial charge in [-0.05, 0) is 24.8 Å². The molecule has 3 aromatic rings. The van der Waals surface area contributed by atoms with E-state index in [4.69, 9.17) is 9.84 Å². The number of ether oxygens (including phenoxy) is 1. The fraction of sp³-hybridized carbons (Fsp3) is 0.522. The number of carbonyl (C=O) groups excluding carboxylic acids is 1. The van der Waals surface area contributed by atoms with E-state index in [1.807, 2.05) is 23.1 Å². The number of aromatic amines is 1. The van der Waals surface area contributed by atoms with E-state index in [9.17, 15) is 10.1 Å². The third-order valence-electron chi connectivity index (χ3n) is 6.65. The van der Waals surface area contributed by atoms with Gasteiger partial charge in [-0.2, -0.15) is 10.4 Å². The molecule has 1 aliphatic carbocycles. The number of nitrogens with zero attached hydrogens (tertiary/aromatic N) is 6. The minimum absolute atomic E-state index is 0.0234. The number of anilines is 1. The lowest BCUT2D eigenvalue weighted by atomic mass is 9.96. The number of amides is 1. The zero-order valence-corrected chi connectivity index (χ0v) is 18.5. The van der Waals surface area contributed by atoms with Gasteiger partial charge in [-0.3, -0.25) is 14.4 Å². The van der Waals surface area contributed by atoms with Crippen molar-refractivity contribution in [2.45, 2.75) is 38.1 Å². The second-order valence-electron chi connectivity index (χ2n) is 8.74. The Kier molecular flexibility index (Phi) is 6.32. The SMILES string of the molecule is N#CCC(C1CCCC1)n1cc(-c2ncnc3[nH]ccc23)c(NC(=O)CN2CCOCC2)n1. The maximum atomic E-state index is 12.9. The minimum atomic E-state index is -0.125. The Labute approximate surface area is 192 Å². The maximum absolute atomic E-state index is 12.9. The number of carbonyl (C=O) groups is 1. The van der Waals surface area contributed by atoms with E-state index in [-0.39, 0.29) is 18.5 Å². The predicted molar refractivity (Wildman–Crippen MR) is 122 cm³/mol. The number of hydrogen-bond donors (Lipinski definition) is 2. The van der Waals surface area contributed by atoms with Crippen molar-refractivity contribution < 1.29 is 9.53 Å². The van der Waals surface area contributed by atoms with Crippen molar-refractivity contribution in [1.82, 2.24) is 29.6 Å². The smallest absolute Gasteiger partial charge is 0.239 e. The van der Waals surface area contributed by atoms with Crippen molar-refractivity contribution in [2.24, 2.45) is 5.92 Å². The Morgan fingerprint density at radius 2 is 2.12 bits per heavy atom. The third-order valence-corrected chi connectivity index (χ3v) is 6.65. The summed E-state index contributed by atoms with van der Waals surface area (Å²) in [5, 5.41) is 18.2. The van der Waals surface area contributed by atoms with Crippen LogP contribution >= 0.6 is 0 Å². The van der Waals surface area contributed by atoms with Crippen LogP contribution < -0.4 is 5.32 Å². The van der Waals surface area contributed by atoms with Crippen LogP contribution in [-0.4, -0.2) is 68.4 Å². The average Bonchev–Trinajstić information content (AvgIpc) is 3.59. The summed E-state index contributed by atoms with van der Waals surface area (Å²) in [6.07, 6.45) is 10.2. The highest BCUT2D eigenvalue weighted by Crippen LogP contribution is 2.38. The number of nitriles is 1. The van der Waals surface area contributed by atoms with E-state index in [0.717, 1.165) is 42.5 Å². The lowest BCUT2D eigenvalue weighted by Gasteiger charge is -2.25. The minimum Gasteiger partial charge on any atom is -0.379 e. The van der Waals surface area contributed by atoms with Crippen molar-refractivity contribution >= 4 is 22.8 Å². The molecular weight excluding hydrogens is 420 g/mol. The van der Waals surface area contributed by atoms with Crippen LogP contribution in [0.1, 0.15) is 38.1 Å². The van der Waals surface area contributed by atoms with Gasteiger partial charge in [0.15, 0.2) is 5.82 Å². The first-order valence-corrected chi connectivity index (χ1v) is 11.6. The fourth-order valence-corrected chi connectivity index (χ4v) is 4.96. The molecule has 0 bridgehead atoms. The van der Waals surface area contributed by atoms with Gasteiger partial charge < -0.3 is 15.0 Å². The van der Waals surface area contributed by atoms with E-state index < -0.39 is 0 Å². The molecule has 172 valence electrons. The van der Waals surface area contributed by atoms with Crippen LogP contribution in [0.3, 0.4) is 0 Å². The number of H-pyrrole nitrogens is 1.